The van der Waals surface area contributed by atoms with E-state index in [1.54, 1.807) is 6.08 Å². The van der Waals surface area contributed by atoms with E-state index < -0.39 is 0 Å². The van der Waals surface area contributed by atoms with Crippen LogP contribution in [0.25, 0.3) is 17.2 Å². The van der Waals surface area contributed by atoms with Gasteiger partial charge in [0.15, 0.2) is 5.78 Å². The smallest absolute Gasteiger partial charge is 0.189 e. The summed E-state index contributed by atoms with van der Waals surface area (Å²) in [4.78, 5) is 17.5. The van der Waals surface area contributed by atoms with E-state index in [0.717, 1.165) is 29.8 Å². The molecule has 0 heterocycles. The Balaban J connectivity index is 1.92. The van der Waals surface area contributed by atoms with Crippen molar-refractivity contribution in [2.45, 2.75) is 13.5 Å². The lowest BCUT2D eigenvalue weighted by Gasteiger charge is -2.14. The van der Waals surface area contributed by atoms with Gasteiger partial charge in [0, 0.05) is 13.1 Å². The van der Waals surface area contributed by atoms with Gasteiger partial charge in [-0.1, -0.05) is 66.2 Å². The van der Waals surface area contributed by atoms with Gasteiger partial charge >= 0.3 is 0 Å². The minimum Gasteiger partial charge on any atom is -0.491 e. The molecule has 3 aromatic carbocycles. The summed E-state index contributed by atoms with van der Waals surface area (Å²) in [6, 6.07) is 22.4. The third-order valence-corrected chi connectivity index (χ3v) is 5.38. The lowest BCUT2D eigenvalue weighted by molar-refractivity contribution is 0.104. The molecule has 172 valence electrons. The Kier molecular flexibility index (Phi) is 8.58. The van der Waals surface area contributed by atoms with E-state index >= 15 is 0 Å². The van der Waals surface area contributed by atoms with E-state index in [4.69, 9.17) is 4.74 Å². The van der Waals surface area contributed by atoms with Crippen molar-refractivity contribution in [2.75, 3.05) is 41.3 Å². The highest BCUT2D eigenvalue weighted by Crippen LogP contribution is 2.28. The number of hydrogen-bond acceptors (Lipinski definition) is 4. The van der Waals surface area contributed by atoms with Crippen LogP contribution in [0.15, 0.2) is 72.8 Å². The van der Waals surface area contributed by atoms with Crippen LogP contribution >= 0.6 is 0 Å². The summed E-state index contributed by atoms with van der Waals surface area (Å²) in [7, 11) is 8.09. The number of carbonyl (C=O) groups is 1. The van der Waals surface area contributed by atoms with E-state index in [-0.39, 0.29) is 5.78 Å². The molecule has 3 aromatic rings. The molecule has 0 bridgehead atoms. The number of hydrogen-bond donors (Lipinski definition) is 0. The monoisotopic (exact) mass is 442 g/mol. The van der Waals surface area contributed by atoms with Gasteiger partial charge in [0.1, 0.15) is 12.4 Å². The van der Waals surface area contributed by atoms with Crippen LogP contribution in [0.2, 0.25) is 0 Å². The molecule has 4 heteroatoms. The number of rotatable bonds is 10. The number of allylic oxidation sites excluding steroid dienone is 1. The number of likely N-dealkylation sites (N-methyl/N-ethyl adjacent to an activating group) is 1. The quantitative estimate of drug-likeness (QED) is 0.304. The zero-order valence-corrected chi connectivity index (χ0v) is 20.3. The third kappa shape index (κ3) is 7.14. The molecule has 0 atom stereocenters. The van der Waals surface area contributed by atoms with Crippen LogP contribution in [-0.4, -0.2) is 56.9 Å². The van der Waals surface area contributed by atoms with Crippen molar-refractivity contribution in [3.63, 3.8) is 0 Å². The fourth-order valence-corrected chi connectivity index (χ4v) is 3.55. The van der Waals surface area contributed by atoms with Gasteiger partial charge in [-0.25, -0.2) is 0 Å². The van der Waals surface area contributed by atoms with Gasteiger partial charge in [0.25, 0.3) is 0 Å². The molecule has 0 aliphatic heterocycles. The standard InChI is InChI=1S/C29H34N2O2/c1-22-10-12-24(13-11-22)25-15-17-29(33-19-18-30(2)3)27(20-25)28(32)16-14-23-8-6-7-9-26(23)21-31(4)5/h6-17,20H,18-19,21H2,1-5H3. The minimum atomic E-state index is -0.0662. The Morgan fingerprint density at radius 3 is 2.27 bits per heavy atom. The van der Waals surface area contributed by atoms with Crippen molar-refractivity contribution in [1.29, 1.82) is 0 Å². The molecular weight excluding hydrogens is 408 g/mol. The Morgan fingerprint density at radius 1 is 0.879 bits per heavy atom. The van der Waals surface area contributed by atoms with Gasteiger partial charge in [-0.2, -0.15) is 0 Å². The van der Waals surface area contributed by atoms with Gasteiger partial charge in [-0.3, -0.25) is 4.79 Å². The average molecular weight is 443 g/mol. The highest BCUT2D eigenvalue weighted by atomic mass is 16.5. The maximum atomic E-state index is 13.3. The molecule has 33 heavy (non-hydrogen) atoms. The predicted molar refractivity (Wildman–Crippen MR) is 138 cm³/mol. The molecule has 3 rings (SSSR count). The number of ether oxygens (including phenoxy) is 1. The second-order valence-corrected chi connectivity index (χ2v) is 8.86. The summed E-state index contributed by atoms with van der Waals surface area (Å²) >= 11 is 0. The number of carbonyl (C=O) groups excluding carboxylic acids is 1. The van der Waals surface area contributed by atoms with E-state index in [1.165, 1.54) is 11.1 Å². The number of ketones is 1. The van der Waals surface area contributed by atoms with Crippen LogP contribution in [0.1, 0.15) is 27.0 Å². The minimum absolute atomic E-state index is 0.0662. The first-order chi connectivity index (χ1) is 15.8. The van der Waals surface area contributed by atoms with Crippen LogP contribution in [0, 0.1) is 6.92 Å². The number of nitrogens with zero attached hydrogens (tertiary/aromatic N) is 2. The van der Waals surface area contributed by atoms with Crippen molar-refractivity contribution in [3.05, 3.63) is 95.1 Å². The molecule has 0 aliphatic carbocycles. The van der Waals surface area contributed by atoms with E-state index in [9.17, 15) is 4.79 Å². The molecule has 0 fully saturated rings. The third-order valence-electron chi connectivity index (χ3n) is 5.38. The SMILES string of the molecule is Cc1ccc(-c2ccc(OCCN(C)C)c(C(=O)C=Cc3ccccc3CN(C)C)c2)cc1. The Morgan fingerprint density at radius 2 is 1.58 bits per heavy atom. The van der Waals surface area contributed by atoms with E-state index in [1.807, 2.05) is 70.7 Å². The lowest BCUT2D eigenvalue weighted by atomic mass is 9.98. The number of benzene rings is 3. The second-order valence-electron chi connectivity index (χ2n) is 8.86. The maximum absolute atomic E-state index is 13.3. The topological polar surface area (TPSA) is 32.8 Å². The highest BCUT2D eigenvalue weighted by molar-refractivity contribution is 6.09. The van der Waals surface area contributed by atoms with Gasteiger partial charge < -0.3 is 14.5 Å². The molecule has 4 nitrogen and oxygen atoms in total. The van der Waals surface area contributed by atoms with Gasteiger partial charge in [0.2, 0.25) is 0 Å². The first kappa shape index (κ1) is 24.4. The van der Waals surface area contributed by atoms with Crippen LogP contribution in [0.5, 0.6) is 5.75 Å². The fourth-order valence-electron chi connectivity index (χ4n) is 3.55. The Labute approximate surface area is 198 Å². The van der Waals surface area contributed by atoms with Crippen molar-refractivity contribution in [3.8, 4) is 16.9 Å². The summed E-state index contributed by atoms with van der Waals surface area (Å²) in [5.41, 5.74) is 6.09. The number of aryl methyl sites for hydroxylation is 1. The summed E-state index contributed by atoms with van der Waals surface area (Å²) in [6.07, 6.45) is 3.56. The first-order valence-corrected chi connectivity index (χ1v) is 11.3. The molecule has 0 N–H and O–H groups in total. The predicted octanol–water partition coefficient (Wildman–Crippen LogP) is 5.56. The molecule has 0 radical (unpaired) electrons. The molecule has 0 unspecified atom stereocenters. The van der Waals surface area contributed by atoms with Crippen LogP contribution in [0.3, 0.4) is 0 Å². The summed E-state index contributed by atoms with van der Waals surface area (Å²) < 4.78 is 6.00. The van der Waals surface area contributed by atoms with Gasteiger partial charge in [0.05, 0.1) is 5.56 Å². The van der Waals surface area contributed by atoms with Crippen molar-refractivity contribution in [2.24, 2.45) is 0 Å². The summed E-state index contributed by atoms with van der Waals surface area (Å²) in [5, 5.41) is 0. The Bertz CT molecular complexity index is 1100. The van der Waals surface area contributed by atoms with E-state index in [2.05, 4.69) is 47.1 Å². The van der Waals surface area contributed by atoms with Crippen LogP contribution in [0.4, 0.5) is 0 Å². The average Bonchev–Trinajstić information content (AvgIpc) is 2.78. The largest absolute Gasteiger partial charge is 0.491 e. The first-order valence-electron chi connectivity index (χ1n) is 11.3. The zero-order chi connectivity index (χ0) is 23.8. The molecule has 0 amide bonds. The Hall–Kier alpha value is -3.21. The second kappa shape index (κ2) is 11.6. The van der Waals surface area contributed by atoms with Crippen LogP contribution in [-0.2, 0) is 6.54 Å². The molecule has 0 aromatic heterocycles. The van der Waals surface area contributed by atoms with Crippen molar-refractivity contribution in [1.82, 2.24) is 9.80 Å². The van der Waals surface area contributed by atoms with E-state index in [0.29, 0.717) is 17.9 Å². The van der Waals surface area contributed by atoms with Gasteiger partial charge in [-0.15, -0.1) is 0 Å². The maximum Gasteiger partial charge on any atom is 0.189 e. The molecular formula is C29H34N2O2. The highest BCUT2D eigenvalue weighted by Gasteiger charge is 2.13. The normalized spacial score (nSPS) is 11.5. The molecule has 0 spiro atoms. The van der Waals surface area contributed by atoms with Crippen LogP contribution < -0.4 is 4.74 Å². The van der Waals surface area contributed by atoms with Crippen molar-refractivity contribution >= 4 is 11.9 Å². The molecule has 0 saturated carbocycles. The summed E-state index contributed by atoms with van der Waals surface area (Å²) in [5.74, 6) is 0.549. The zero-order valence-electron chi connectivity index (χ0n) is 20.3. The fraction of sp³-hybridized carbons (Fsp3) is 0.276. The van der Waals surface area contributed by atoms with Gasteiger partial charge in [-0.05, 0) is 75.6 Å². The molecule has 0 saturated heterocycles. The molecule has 0 aliphatic rings. The summed E-state index contributed by atoms with van der Waals surface area (Å²) in [6.45, 7) is 4.18. The van der Waals surface area contributed by atoms with Crippen molar-refractivity contribution < 1.29 is 9.53 Å². The lowest BCUT2D eigenvalue weighted by Crippen LogP contribution is -2.20.